The molecule has 4 rings (SSSR count). The highest BCUT2D eigenvalue weighted by atomic mass is 16.3. The van der Waals surface area contributed by atoms with Gasteiger partial charge in [0.1, 0.15) is 5.56 Å². The van der Waals surface area contributed by atoms with Crippen molar-refractivity contribution < 1.29 is 9.90 Å². The molecule has 0 aliphatic carbocycles. The Kier molecular flexibility index (Phi) is 3.74. The van der Waals surface area contributed by atoms with Gasteiger partial charge >= 0.3 is 0 Å². The first-order valence-corrected chi connectivity index (χ1v) is 8.09. The van der Waals surface area contributed by atoms with E-state index in [9.17, 15) is 9.90 Å². The van der Waals surface area contributed by atoms with Crippen LogP contribution >= 0.6 is 0 Å². The molecule has 1 N–H and O–H groups in total. The summed E-state index contributed by atoms with van der Waals surface area (Å²) in [5.41, 5.74) is 2.92. The Balaban J connectivity index is 1.74. The highest BCUT2D eigenvalue weighted by Crippen LogP contribution is 2.22. The molecule has 0 radical (unpaired) electrons. The van der Waals surface area contributed by atoms with E-state index in [0.717, 1.165) is 24.1 Å². The third kappa shape index (κ3) is 2.55. The summed E-state index contributed by atoms with van der Waals surface area (Å²) in [5.74, 6) is -0.124. The largest absolute Gasteiger partial charge is 0.391 e. The third-order valence-corrected chi connectivity index (χ3v) is 4.38. The van der Waals surface area contributed by atoms with Gasteiger partial charge in [0, 0.05) is 24.8 Å². The lowest BCUT2D eigenvalue weighted by Crippen LogP contribution is -2.42. The average molecular weight is 322 g/mol. The molecule has 2 aromatic heterocycles. The molecular formula is C18H18N4O2. The number of amides is 1. The van der Waals surface area contributed by atoms with Gasteiger partial charge in [0.2, 0.25) is 0 Å². The van der Waals surface area contributed by atoms with Gasteiger partial charge in [-0.1, -0.05) is 30.3 Å². The fourth-order valence-corrected chi connectivity index (χ4v) is 3.18. The van der Waals surface area contributed by atoms with Crippen LogP contribution in [0.3, 0.4) is 0 Å². The Hall–Kier alpha value is -2.73. The van der Waals surface area contributed by atoms with E-state index in [1.165, 1.54) is 0 Å². The Morgan fingerprint density at radius 3 is 2.83 bits per heavy atom. The van der Waals surface area contributed by atoms with Crippen LogP contribution < -0.4 is 0 Å². The van der Waals surface area contributed by atoms with Gasteiger partial charge in [-0.05, 0) is 18.9 Å². The number of benzene rings is 1. The standard InChI is InChI=1S/C18H18N4O2/c23-14-7-4-10-21(12-14)18(24)15-11-20-22-16(8-9-19-17(15)22)13-5-2-1-3-6-13/h1-3,5-6,8-9,11,14,23H,4,7,10,12H2. The fourth-order valence-electron chi connectivity index (χ4n) is 3.18. The zero-order chi connectivity index (χ0) is 16.5. The summed E-state index contributed by atoms with van der Waals surface area (Å²) < 4.78 is 1.70. The molecule has 0 spiro atoms. The first-order valence-electron chi connectivity index (χ1n) is 8.09. The number of likely N-dealkylation sites (tertiary alicyclic amines) is 1. The topological polar surface area (TPSA) is 70.7 Å². The third-order valence-electron chi connectivity index (χ3n) is 4.38. The molecular weight excluding hydrogens is 304 g/mol. The van der Waals surface area contributed by atoms with Gasteiger partial charge in [-0.25, -0.2) is 9.50 Å². The van der Waals surface area contributed by atoms with Crippen molar-refractivity contribution in [1.29, 1.82) is 0 Å². The van der Waals surface area contributed by atoms with Crippen molar-refractivity contribution in [2.75, 3.05) is 13.1 Å². The lowest BCUT2D eigenvalue weighted by atomic mass is 10.1. The van der Waals surface area contributed by atoms with Crippen LogP contribution in [0, 0.1) is 0 Å². The van der Waals surface area contributed by atoms with Gasteiger partial charge in [0.25, 0.3) is 5.91 Å². The monoisotopic (exact) mass is 322 g/mol. The van der Waals surface area contributed by atoms with Crippen molar-refractivity contribution in [3.8, 4) is 11.3 Å². The van der Waals surface area contributed by atoms with E-state index in [2.05, 4.69) is 10.1 Å². The van der Waals surface area contributed by atoms with Crippen molar-refractivity contribution in [1.82, 2.24) is 19.5 Å². The number of carbonyl (C=O) groups excluding carboxylic acids is 1. The first kappa shape index (κ1) is 14.8. The van der Waals surface area contributed by atoms with Crippen molar-refractivity contribution in [3.63, 3.8) is 0 Å². The normalized spacial score (nSPS) is 18.0. The number of aromatic nitrogens is 3. The summed E-state index contributed by atoms with van der Waals surface area (Å²) in [4.78, 5) is 18.8. The molecule has 6 heteroatoms. The van der Waals surface area contributed by atoms with Crippen LogP contribution in [-0.4, -0.2) is 49.7 Å². The predicted octanol–water partition coefficient (Wildman–Crippen LogP) is 1.99. The quantitative estimate of drug-likeness (QED) is 0.783. The number of aliphatic hydroxyl groups is 1. The molecule has 1 aromatic carbocycles. The van der Waals surface area contributed by atoms with E-state index in [1.54, 1.807) is 21.8 Å². The van der Waals surface area contributed by atoms with Crippen LogP contribution in [0.15, 0.2) is 48.8 Å². The van der Waals surface area contributed by atoms with E-state index in [4.69, 9.17) is 0 Å². The summed E-state index contributed by atoms with van der Waals surface area (Å²) in [7, 11) is 0. The highest BCUT2D eigenvalue weighted by molar-refractivity contribution is 6.00. The van der Waals surface area contributed by atoms with Crippen LogP contribution in [0.4, 0.5) is 0 Å². The number of hydrogen-bond donors (Lipinski definition) is 1. The van der Waals surface area contributed by atoms with Gasteiger partial charge in [-0.2, -0.15) is 5.10 Å². The molecule has 24 heavy (non-hydrogen) atoms. The minimum Gasteiger partial charge on any atom is -0.391 e. The van der Waals surface area contributed by atoms with Gasteiger partial charge < -0.3 is 10.0 Å². The van der Waals surface area contributed by atoms with E-state index < -0.39 is 6.10 Å². The number of hydrogen-bond acceptors (Lipinski definition) is 4. The smallest absolute Gasteiger partial charge is 0.259 e. The molecule has 3 heterocycles. The maximum absolute atomic E-state index is 12.8. The molecule has 1 atom stereocenters. The second kappa shape index (κ2) is 6.05. The summed E-state index contributed by atoms with van der Waals surface area (Å²) in [6.07, 6.45) is 4.38. The van der Waals surface area contributed by atoms with E-state index >= 15 is 0 Å². The summed E-state index contributed by atoms with van der Waals surface area (Å²) in [5, 5.41) is 14.2. The second-order valence-corrected chi connectivity index (χ2v) is 6.04. The minimum atomic E-state index is -0.447. The Morgan fingerprint density at radius 1 is 1.21 bits per heavy atom. The Bertz CT molecular complexity index is 875. The van der Waals surface area contributed by atoms with E-state index in [-0.39, 0.29) is 5.91 Å². The molecule has 1 unspecified atom stereocenters. The van der Waals surface area contributed by atoms with Crippen LogP contribution in [0.5, 0.6) is 0 Å². The van der Waals surface area contributed by atoms with Gasteiger partial charge in [0.15, 0.2) is 5.65 Å². The maximum Gasteiger partial charge on any atom is 0.259 e. The molecule has 1 fully saturated rings. The minimum absolute atomic E-state index is 0.124. The van der Waals surface area contributed by atoms with Gasteiger partial charge in [0.05, 0.1) is 18.0 Å². The second-order valence-electron chi connectivity index (χ2n) is 6.04. The number of fused-ring (bicyclic) bond motifs is 1. The zero-order valence-electron chi connectivity index (χ0n) is 13.2. The molecule has 6 nitrogen and oxygen atoms in total. The van der Waals surface area contributed by atoms with Crippen LogP contribution in [0.1, 0.15) is 23.2 Å². The van der Waals surface area contributed by atoms with Crippen molar-refractivity contribution in [2.24, 2.45) is 0 Å². The predicted molar refractivity (Wildman–Crippen MR) is 89.6 cm³/mol. The van der Waals surface area contributed by atoms with Crippen molar-refractivity contribution >= 4 is 11.6 Å². The molecule has 1 amide bonds. The summed E-state index contributed by atoms with van der Waals surface area (Å²) >= 11 is 0. The lowest BCUT2D eigenvalue weighted by molar-refractivity contribution is 0.0475. The molecule has 1 aliphatic heterocycles. The SMILES string of the molecule is O=C(c1cnn2c(-c3ccccc3)ccnc12)N1CCCC(O)C1. The van der Waals surface area contributed by atoms with Crippen LogP contribution in [-0.2, 0) is 0 Å². The van der Waals surface area contributed by atoms with Gasteiger partial charge in [-0.3, -0.25) is 4.79 Å². The molecule has 0 saturated carbocycles. The Morgan fingerprint density at radius 2 is 2.04 bits per heavy atom. The van der Waals surface area contributed by atoms with E-state index in [1.807, 2.05) is 36.4 Å². The summed E-state index contributed by atoms with van der Waals surface area (Å²) in [6.45, 7) is 1.03. The van der Waals surface area contributed by atoms with Crippen molar-refractivity contribution in [2.45, 2.75) is 18.9 Å². The number of carbonyl (C=O) groups is 1. The van der Waals surface area contributed by atoms with Gasteiger partial charge in [-0.15, -0.1) is 0 Å². The number of nitrogens with zero attached hydrogens (tertiary/aromatic N) is 4. The number of β-amino-alcohol motifs (C(OH)–C–C–N with tert-alkyl or cyclic N) is 1. The van der Waals surface area contributed by atoms with Crippen molar-refractivity contribution in [3.05, 3.63) is 54.4 Å². The zero-order valence-corrected chi connectivity index (χ0v) is 13.2. The number of rotatable bonds is 2. The van der Waals surface area contributed by atoms with E-state index in [0.29, 0.717) is 24.3 Å². The molecule has 1 saturated heterocycles. The first-order chi connectivity index (χ1) is 11.7. The maximum atomic E-state index is 12.8. The number of piperidine rings is 1. The number of aliphatic hydroxyl groups excluding tert-OH is 1. The average Bonchev–Trinajstić information content (AvgIpc) is 3.06. The summed E-state index contributed by atoms with van der Waals surface area (Å²) in [6, 6.07) is 11.8. The molecule has 122 valence electrons. The molecule has 3 aromatic rings. The molecule has 0 bridgehead atoms. The Labute approximate surface area is 139 Å². The lowest BCUT2D eigenvalue weighted by Gasteiger charge is -2.29. The van der Waals surface area contributed by atoms with Crippen LogP contribution in [0.25, 0.3) is 16.9 Å². The fraction of sp³-hybridized carbons (Fsp3) is 0.278. The van der Waals surface area contributed by atoms with Crippen LogP contribution in [0.2, 0.25) is 0 Å². The highest BCUT2D eigenvalue weighted by Gasteiger charge is 2.26. The molecule has 1 aliphatic rings.